The Hall–Kier alpha value is -1.80. The van der Waals surface area contributed by atoms with Crippen LogP contribution in [0.1, 0.15) is 47.7 Å². The van der Waals surface area contributed by atoms with Gasteiger partial charge < -0.3 is 10.5 Å². The van der Waals surface area contributed by atoms with Crippen LogP contribution < -0.4 is 10.5 Å². The molecule has 110 valence electrons. The van der Waals surface area contributed by atoms with Crippen molar-refractivity contribution in [2.24, 2.45) is 5.73 Å². The minimum absolute atomic E-state index is 0.0629. The van der Waals surface area contributed by atoms with Gasteiger partial charge in [-0.15, -0.1) is 0 Å². The van der Waals surface area contributed by atoms with Crippen molar-refractivity contribution in [2.45, 2.75) is 39.2 Å². The van der Waals surface area contributed by atoms with E-state index in [1.54, 1.807) is 0 Å². The summed E-state index contributed by atoms with van der Waals surface area (Å²) in [5.41, 5.74) is 12.7. The number of benzene rings is 2. The highest BCUT2D eigenvalue weighted by atomic mass is 16.5. The van der Waals surface area contributed by atoms with E-state index in [2.05, 4.69) is 64.1 Å². The van der Waals surface area contributed by atoms with E-state index >= 15 is 0 Å². The van der Waals surface area contributed by atoms with Crippen LogP contribution >= 0.6 is 0 Å². The second-order valence-electron chi connectivity index (χ2n) is 6.77. The van der Waals surface area contributed by atoms with E-state index in [1.807, 2.05) is 0 Å². The lowest BCUT2D eigenvalue weighted by Gasteiger charge is -2.19. The smallest absolute Gasteiger partial charge is 0.123 e. The number of rotatable bonds is 2. The van der Waals surface area contributed by atoms with Gasteiger partial charge in [0.15, 0.2) is 0 Å². The van der Waals surface area contributed by atoms with Gasteiger partial charge in [0.1, 0.15) is 5.75 Å². The fraction of sp³-hybridized carbons (Fsp3) is 0.368. The normalized spacial score (nSPS) is 17.2. The molecule has 0 spiro atoms. The molecule has 0 radical (unpaired) electrons. The number of hydrogen-bond donors (Lipinski definition) is 1. The number of aryl methyl sites for hydroxylation is 2. The molecule has 0 aromatic heterocycles. The fourth-order valence-electron chi connectivity index (χ4n) is 3.09. The van der Waals surface area contributed by atoms with Gasteiger partial charge in [0.25, 0.3) is 0 Å². The van der Waals surface area contributed by atoms with E-state index in [0.29, 0.717) is 0 Å². The summed E-state index contributed by atoms with van der Waals surface area (Å²) in [6.07, 6.45) is 0. The zero-order valence-corrected chi connectivity index (χ0v) is 13.2. The van der Waals surface area contributed by atoms with E-state index in [-0.39, 0.29) is 11.5 Å². The van der Waals surface area contributed by atoms with E-state index in [1.165, 1.54) is 22.3 Å². The Labute approximate surface area is 126 Å². The molecule has 1 aliphatic heterocycles. The average molecular weight is 281 g/mol. The number of fused-ring (bicyclic) bond motifs is 1. The molecule has 1 atom stereocenters. The van der Waals surface area contributed by atoms with Gasteiger partial charge in [0.2, 0.25) is 0 Å². The highest BCUT2D eigenvalue weighted by Crippen LogP contribution is 2.40. The van der Waals surface area contributed by atoms with Crippen LogP contribution in [0.4, 0.5) is 0 Å². The standard InChI is InChI=1S/C19H23NO/c1-12-5-7-15(13(2)9-12)18(20)14-6-8-17-16(10-14)19(3,4)11-21-17/h5-10,18H,11,20H2,1-4H3. The first-order chi connectivity index (χ1) is 9.88. The van der Waals surface area contributed by atoms with Gasteiger partial charge >= 0.3 is 0 Å². The van der Waals surface area contributed by atoms with Crippen LogP contribution in [0.5, 0.6) is 5.75 Å². The lowest BCUT2D eigenvalue weighted by Crippen LogP contribution is -2.19. The summed E-state index contributed by atoms with van der Waals surface area (Å²) < 4.78 is 5.75. The third-order valence-corrected chi connectivity index (χ3v) is 4.44. The van der Waals surface area contributed by atoms with Gasteiger partial charge in [0, 0.05) is 11.0 Å². The zero-order valence-electron chi connectivity index (χ0n) is 13.2. The predicted octanol–water partition coefficient (Wildman–Crippen LogP) is 4.02. The zero-order chi connectivity index (χ0) is 15.2. The highest BCUT2D eigenvalue weighted by molar-refractivity contribution is 5.48. The van der Waals surface area contributed by atoms with Crippen molar-refractivity contribution in [1.29, 1.82) is 0 Å². The van der Waals surface area contributed by atoms with E-state index in [4.69, 9.17) is 10.5 Å². The lowest BCUT2D eigenvalue weighted by molar-refractivity contribution is 0.291. The quantitative estimate of drug-likeness (QED) is 0.902. The summed E-state index contributed by atoms with van der Waals surface area (Å²) in [6.45, 7) is 9.40. The van der Waals surface area contributed by atoms with Crippen molar-refractivity contribution in [3.8, 4) is 5.75 Å². The van der Waals surface area contributed by atoms with Crippen molar-refractivity contribution in [1.82, 2.24) is 0 Å². The van der Waals surface area contributed by atoms with Gasteiger partial charge in [-0.2, -0.15) is 0 Å². The van der Waals surface area contributed by atoms with Gasteiger partial charge in [0.05, 0.1) is 12.6 Å². The van der Waals surface area contributed by atoms with Gasteiger partial charge in [-0.1, -0.05) is 43.7 Å². The van der Waals surface area contributed by atoms with Crippen LogP contribution in [0.3, 0.4) is 0 Å². The first-order valence-electron chi connectivity index (χ1n) is 7.48. The Morgan fingerprint density at radius 3 is 2.57 bits per heavy atom. The molecule has 0 bridgehead atoms. The van der Waals surface area contributed by atoms with Crippen LogP contribution in [-0.4, -0.2) is 6.61 Å². The minimum Gasteiger partial charge on any atom is -0.492 e. The molecule has 21 heavy (non-hydrogen) atoms. The van der Waals surface area contributed by atoms with E-state index in [9.17, 15) is 0 Å². The first kappa shape index (κ1) is 14.2. The predicted molar refractivity (Wildman–Crippen MR) is 86.9 cm³/mol. The van der Waals surface area contributed by atoms with Crippen molar-refractivity contribution in [2.75, 3.05) is 6.61 Å². The molecule has 1 unspecified atom stereocenters. The van der Waals surface area contributed by atoms with Crippen molar-refractivity contribution in [3.05, 3.63) is 64.2 Å². The molecule has 2 N–H and O–H groups in total. The molecule has 2 nitrogen and oxygen atoms in total. The van der Waals surface area contributed by atoms with Crippen LogP contribution in [-0.2, 0) is 5.41 Å². The molecule has 1 heterocycles. The summed E-state index contributed by atoms with van der Waals surface area (Å²) in [4.78, 5) is 0. The van der Waals surface area contributed by atoms with Crippen molar-refractivity contribution in [3.63, 3.8) is 0 Å². The molecule has 3 rings (SSSR count). The van der Waals surface area contributed by atoms with Crippen LogP contribution in [0.2, 0.25) is 0 Å². The highest BCUT2D eigenvalue weighted by Gasteiger charge is 2.32. The molecule has 2 heteroatoms. The molecule has 2 aromatic carbocycles. The number of nitrogens with two attached hydrogens (primary N) is 1. The Morgan fingerprint density at radius 2 is 1.86 bits per heavy atom. The Balaban J connectivity index is 2.01. The van der Waals surface area contributed by atoms with Crippen molar-refractivity contribution < 1.29 is 4.74 Å². The number of hydrogen-bond acceptors (Lipinski definition) is 2. The van der Waals surface area contributed by atoms with Crippen LogP contribution in [0.25, 0.3) is 0 Å². The molecule has 0 fully saturated rings. The number of ether oxygens (including phenoxy) is 1. The van der Waals surface area contributed by atoms with Crippen molar-refractivity contribution >= 4 is 0 Å². The minimum atomic E-state index is -0.0905. The van der Waals surface area contributed by atoms with Crippen LogP contribution in [0.15, 0.2) is 36.4 Å². The Bertz CT molecular complexity index is 688. The van der Waals surface area contributed by atoms with Gasteiger partial charge in [-0.3, -0.25) is 0 Å². The topological polar surface area (TPSA) is 35.2 Å². The summed E-state index contributed by atoms with van der Waals surface area (Å²) >= 11 is 0. The summed E-state index contributed by atoms with van der Waals surface area (Å²) in [5.74, 6) is 0.997. The molecular formula is C19H23NO. The maximum atomic E-state index is 6.51. The third kappa shape index (κ3) is 2.44. The SMILES string of the molecule is Cc1ccc(C(N)c2ccc3c(c2)C(C)(C)CO3)c(C)c1. The lowest BCUT2D eigenvalue weighted by atomic mass is 9.84. The molecular weight excluding hydrogens is 258 g/mol. The molecule has 1 aliphatic rings. The largest absolute Gasteiger partial charge is 0.492 e. The molecule has 0 amide bonds. The average Bonchev–Trinajstić information content (AvgIpc) is 2.74. The third-order valence-electron chi connectivity index (χ3n) is 4.44. The van der Waals surface area contributed by atoms with Crippen LogP contribution in [0, 0.1) is 13.8 Å². The Kier molecular flexibility index (Phi) is 3.29. The second-order valence-corrected chi connectivity index (χ2v) is 6.77. The molecule has 0 saturated carbocycles. The monoisotopic (exact) mass is 281 g/mol. The fourth-order valence-corrected chi connectivity index (χ4v) is 3.09. The van der Waals surface area contributed by atoms with Gasteiger partial charge in [-0.25, -0.2) is 0 Å². The molecule has 0 aliphatic carbocycles. The first-order valence-corrected chi connectivity index (χ1v) is 7.48. The maximum absolute atomic E-state index is 6.51. The summed E-state index contributed by atoms with van der Waals surface area (Å²) in [5, 5.41) is 0. The summed E-state index contributed by atoms with van der Waals surface area (Å²) in [7, 11) is 0. The molecule has 0 saturated heterocycles. The Morgan fingerprint density at radius 1 is 1.10 bits per heavy atom. The molecule has 2 aromatic rings. The second kappa shape index (κ2) is 4.88. The van der Waals surface area contributed by atoms with E-state index in [0.717, 1.165) is 17.9 Å². The summed E-state index contributed by atoms with van der Waals surface area (Å²) in [6, 6.07) is 12.7. The van der Waals surface area contributed by atoms with Gasteiger partial charge in [-0.05, 0) is 42.7 Å². The van der Waals surface area contributed by atoms with E-state index < -0.39 is 0 Å². The maximum Gasteiger partial charge on any atom is 0.123 e.